The van der Waals surface area contributed by atoms with E-state index in [9.17, 15) is 14.4 Å². The summed E-state index contributed by atoms with van der Waals surface area (Å²) in [5.74, 6) is -1.70. The average Bonchev–Trinajstić information content (AvgIpc) is 2.70. The lowest BCUT2D eigenvalue weighted by Crippen LogP contribution is -2.51. The van der Waals surface area contributed by atoms with E-state index in [-0.39, 0.29) is 13.2 Å². The van der Waals surface area contributed by atoms with Gasteiger partial charge in [-0.05, 0) is 44.0 Å². The summed E-state index contributed by atoms with van der Waals surface area (Å²) in [4.78, 5) is 37.4. The molecule has 0 aliphatic rings. The quantitative estimate of drug-likeness (QED) is 0.474. The predicted octanol–water partition coefficient (Wildman–Crippen LogP) is 2.75. The second-order valence-electron chi connectivity index (χ2n) is 7.52. The van der Waals surface area contributed by atoms with Crippen molar-refractivity contribution < 1.29 is 29.0 Å². The van der Waals surface area contributed by atoms with Crippen LogP contribution in [0, 0.1) is 0 Å². The standard InChI is InChI=1S/C22H26N2O6/c1-22(2,3)30-21(28)24-18(20(27)29-14-16-7-5-4-6-8-16)19(26)23-17-11-9-15(13-25)10-12-17/h4-12,18,25H,13-14H2,1-3H3,(H,23,26)(H,24,28)/t18-/m1/s1. The van der Waals surface area contributed by atoms with Crippen molar-refractivity contribution >= 4 is 23.7 Å². The van der Waals surface area contributed by atoms with Crippen LogP contribution in [0.1, 0.15) is 31.9 Å². The van der Waals surface area contributed by atoms with Crippen LogP contribution in [0.5, 0.6) is 0 Å². The Balaban J connectivity index is 2.10. The number of aliphatic hydroxyl groups excluding tert-OH is 1. The zero-order valence-corrected chi connectivity index (χ0v) is 17.2. The molecular formula is C22H26N2O6. The molecule has 0 saturated carbocycles. The summed E-state index contributed by atoms with van der Waals surface area (Å²) in [7, 11) is 0. The van der Waals surface area contributed by atoms with Gasteiger partial charge < -0.3 is 19.9 Å². The molecule has 0 aliphatic heterocycles. The summed E-state index contributed by atoms with van der Waals surface area (Å²) in [5, 5.41) is 13.9. The molecule has 2 aromatic rings. The molecule has 0 aliphatic carbocycles. The van der Waals surface area contributed by atoms with E-state index in [1.807, 2.05) is 6.07 Å². The van der Waals surface area contributed by atoms with Gasteiger partial charge in [-0.15, -0.1) is 0 Å². The average molecular weight is 414 g/mol. The molecule has 30 heavy (non-hydrogen) atoms. The number of ether oxygens (including phenoxy) is 2. The normalized spacial score (nSPS) is 11.9. The molecule has 2 aromatic carbocycles. The van der Waals surface area contributed by atoms with Gasteiger partial charge in [0.2, 0.25) is 6.04 Å². The Morgan fingerprint density at radius 2 is 1.60 bits per heavy atom. The van der Waals surface area contributed by atoms with Crippen LogP contribution >= 0.6 is 0 Å². The Labute approximate surface area is 175 Å². The Kier molecular flexibility index (Phi) is 7.94. The summed E-state index contributed by atoms with van der Waals surface area (Å²) < 4.78 is 10.4. The summed E-state index contributed by atoms with van der Waals surface area (Å²) >= 11 is 0. The Morgan fingerprint density at radius 1 is 0.967 bits per heavy atom. The predicted molar refractivity (Wildman–Crippen MR) is 110 cm³/mol. The van der Waals surface area contributed by atoms with Gasteiger partial charge >= 0.3 is 12.1 Å². The number of carbonyl (C=O) groups excluding carboxylic acids is 3. The lowest BCUT2D eigenvalue weighted by molar-refractivity contribution is -0.149. The number of esters is 1. The summed E-state index contributed by atoms with van der Waals surface area (Å²) in [6.07, 6.45) is -0.921. The lowest BCUT2D eigenvalue weighted by atomic mass is 10.2. The molecule has 0 unspecified atom stereocenters. The van der Waals surface area contributed by atoms with Crippen LogP contribution in [0.25, 0.3) is 0 Å². The summed E-state index contributed by atoms with van der Waals surface area (Å²) in [5.41, 5.74) is 0.990. The first-order valence-corrected chi connectivity index (χ1v) is 9.38. The van der Waals surface area contributed by atoms with Crippen LogP contribution in [-0.4, -0.2) is 34.7 Å². The van der Waals surface area contributed by atoms with Gasteiger partial charge in [0.15, 0.2) is 0 Å². The van der Waals surface area contributed by atoms with Gasteiger partial charge in [-0.3, -0.25) is 10.1 Å². The van der Waals surface area contributed by atoms with Crippen molar-refractivity contribution in [1.82, 2.24) is 5.32 Å². The van der Waals surface area contributed by atoms with Crippen LogP contribution in [-0.2, 0) is 32.3 Å². The van der Waals surface area contributed by atoms with E-state index in [0.717, 1.165) is 5.56 Å². The van der Waals surface area contributed by atoms with E-state index in [1.165, 1.54) is 0 Å². The van der Waals surface area contributed by atoms with Crippen molar-refractivity contribution in [3.05, 3.63) is 65.7 Å². The molecule has 0 fully saturated rings. The minimum absolute atomic E-state index is 0.0509. The van der Waals surface area contributed by atoms with E-state index < -0.39 is 29.6 Å². The van der Waals surface area contributed by atoms with Gasteiger partial charge in [0.25, 0.3) is 5.91 Å². The maximum absolute atomic E-state index is 12.7. The Morgan fingerprint density at radius 3 is 2.17 bits per heavy atom. The topological polar surface area (TPSA) is 114 Å². The molecule has 0 aromatic heterocycles. The van der Waals surface area contributed by atoms with E-state index >= 15 is 0 Å². The molecular weight excluding hydrogens is 388 g/mol. The zero-order chi connectivity index (χ0) is 22.1. The Bertz CT molecular complexity index is 859. The maximum atomic E-state index is 12.7. The molecule has 1 atom stereocenters. The molecule has 0 radical (unpaired) electrons. The number of benzene rings is 2. The minimum Gasteiger partial charge on any atom is -0.459 e. The van der Waals surface area contributed by atoms with Crippen molar-refractivity contribution in [3.8, 4) is 0 Å². The highest BCUT2D eigenvalue weighted by atomic mass is 16.6. The van der Waals surface area contributed by atoms with Crippen LogP contribution in [0.3, 0.4) is 0 Å². The van der Waals surface area contributed by atoms with Crippen LogP contribution in [0.4, 0.5) is 10.5 Å². The van der Waals surface area contributed by atoms with Crippen LogP contribution in [0.15, 0.2) is 54.6 Å². The number of anilines is 1. The zero-order valence-electron chi connectivity index (χ0n) is 17.2. The molecule has 2 amide bonds. The second kappa shape index (κ2) is 10.4. The highest BCUT2D eigenvalue weighted by Crippen LogP contribution is 2.12. The van der Waals surface area contributed by atoms with Gasteiger partial charge in [0.05, 0.1) is 6.61 Å². The first-order chi connectivity index (χ1) is 14.2. The molecule has 2 rings (SSSR count). The fourth-order valence-corrected chi connectivity index (χ4v) is 2.38. The molecule has 0 bridgehead atoms. The SMILES string of the molecule is CC(C)(C)OC(=O)N[C@H](C(=O)Nc1ccc(CO)cc1)C(=O)OCc1ccccc1. The van der Waals surface area contributed by atoms with E-state index in [4.69, 9.17) is 14.6 Å². The number of alkyl carbamates (subject to hydrolysis) is 1. The number of rotatable bonds is 7. The summed E-state index contributed by atoms with van der Waals surface area (Å²) in [6, 6.07) is 13.7. The van der Waals surface area contributed by atoms with Crippen molar-refractivity contribution in [1.29, 1.82) is 0 Å². The minimum atomic E-state index is -1.61. The van der Waals surface area contributed by atoms with Crippen molar-refractivity contribution in [2.24, 2.45) is 0 Å². The van der Waals surface area contributed by atoms with Crippen LogP contribution in [0.2, 0.25) is 0 Å². The summed E-state index contributed by atoms with van der Waals surface area (Å²) in [6.45, 7) is 4.81. The van der Waals surface area contributed by atoms with E-state index in [1.54, 1.807) is 69.3 Å². The fourth-order valence-electron chi connectivity index (χ4n) is 2.38. The largest absolute Gasteiger partial charge is 0.459 e. The Hall–Kier alpha value is -3.39. The number of hydrogen-bond acceptors (Lipinski definition) is 6. The van der Waals surface area contributed by atoms with Crippen molar-refractivity contribution in [2.45, 2.75) is 45.6 Å². The number of hydrogen-bond donors (Lipinski definition) is 3. The van der Waals surface area contributed by atoms with Gasteiger partial charge in [-0.1, -0.05) is 42.5 Å². The molecule has 8 heteroatoms. The van der Waals surface area contributed by atoms with Crippen molar-refractivity contribution in [3.63, 3.8) is 0 Å². The number of amides is 2. The van der Waals surface area contributed by atoms with Gasteiger partial charge in [0, 0.05) is 5.69 Å². The number of carbonyl (C=O) groups is 3. The first kappa shape index (κ1) is 22.9. The third-order valence-corrected chi connectivity index (χ3v) is 3.79. The molecule has 0 spiro atoms. The first-order valence-electron chi connectivity index (χ1n) is 9.38. The number of nitrogens with one attached hydrogen (secondary N) is 2. The second-order valence-corrected chi connectivity index (χ2v) is 7.52. The lowest BCUT2D eigenvalue weighted by Gasteiger charge is -2.22. The molecule has 3 N–H and O–H groups in total. The maximum Gasteiger partial charge on any atom is 0.408 e. The smallest absolute Gasteiger partial charge is 0.408 e. The van der Waals surface area contributed by atoms with Gasteiger partial charge in [0.1, 0.15) is 12.2 Å². The highest BCUT2D eigenvalue weighted by Gasteiger charge is 2.32. The third-order valence-electron chi connectivity index (χ3n) is 3.79. The van der Waals surface area contributed by atoms with Crippen LogP contribution < -0.4 is 10.6 Å². The number of aliphatic hydroxyl groups is 1. The monoisotopic (exact) mass is 414 g/mol. The van der Waals surface area contributed by atoms with Gasteiger partial charge in [-0.2, -0.15) is 0 Å². The molecule has 0 saturated heterocycles. The van der Waals surface area contributed by atoms with E-state index in [2.05, 4.69) is 10.6 Å². The van der Waals surface area contributed by atoms with E-state index in [0.29, 0.717) is 11.3 Å². The highest BCUT2D eigenvalue weighted by molar-refractivity contribution is 6.10. The molecule has 8 nitrogen and oxygen atoms in total. The molecule has 160 valence electrons. The molecule has 0 heterocycles. The fraction of sp³-hybridized carbons (Fsp3) is 0.318. The third kappa shape index (κ3) is 7.56. The van der Waals surface area contributed by atoms with Crippen molar-refractivity contribution in [2.75, 3.05) is 5.32 Å². The van der Waals surface area contributed by atoms with Gasteiger partial charge in [-0.25, -0.2) is 9.59 Å².